The minimum absolute atomic E-state index is 0.0836. The third-order valence-corrected chi connectivity index (χ3v) is 7.45. The third kappa shape index (κ3) is 7.04. The van der Waals surface area contributed by atoms with Crippen LogP contribution in [0.2, 0.25) is 0 Å². The largest absolute Gasteiger partial charge is 0.351 e. The molecule has 0 aromatic carbocycles. The van der Waals surface area contributed by atoms with Crippen LogP contribution in [0.25, 0.3) is 0 Å². The molecule has 3 heteroatoms. The maximum Gasteiger partial charge on any atom is 0.226 e. The Hall–Kier alpha value is -0.570. The van der Waals surface area contributed by atoms with Gasteiger partial charge < -0.3 is 10.6 Å². The number of rotatable bonds is 5. The molecule has 162 valence electrons. The predicted molar refractivity (Wildman–Crippen MR) is 118 cm³/mol. The van der Waals surface area contributed by atoms with Crippen molar-refractivity contribution in [3.8, 4) is 0 Å². The lowest BCUT2D eigenvalue weighted by Gasteiger charge is -2.38. The van der Waals surface area contributed by atoms with E-state index in [2.05, 4.69) is 38.3 Å². The van der Waals surface area contributed by atoms with Crippen molar-refractivity contribution < 1.29 is 4.79 Å². The van der Waals surface area contributed by atoms with E-state index in [0.29, 0.717) is 5.91 Å². The number of piperidine rings is 1. The quantitative estimate of drug-likeness (QED) is 0.620. The second kappa shape index (κ2) is 9.06. The number of amides is 1. The summed E-state index contributed by atoms with van der Waals surface area (Å²) in [6.45, 7) is 10.7. The minimum Gasteiger partial charge on any atom is -0.351 e. The summed E-state index contributed by atoms with van der Waals surface area (Å²) in [7, 11) is 0. The highest BCUT2D eigenvalue weighted by molar-refractivity contribution is 5.83. The number of nitrogens with one attached hydrogen (secondary N) is 2. The fourth-order valence-corrected chi connectivity index (χ4v) is 5.41. The van der Waals surface area contributed by atoms with Gasteiger partial charge in [0.25, 0.3) is 0 Å². The zero-order valence-electron chi connectivity index (χ0n) is 19.2. The summed E-state index contributed by atoms with van der Waals surface area (Å²) in [6, 6.07) is 0. The maximum absolute atomic E-state index is 12.6. The van der Waals surface area contributed by atoms with E-state index < -0.39 is 0 Å². The normalized spacial score (nSPS) is 26.7. The molecule has 3 saturated carbocycles. The lowest BCUT2D eigenvalue weighted by atomic mass is 9.72. The molecule has 0 unspecified atom stereocenters. The van der Waals surface area contributed by atoms with Crippen molar-refractivity contribution in [1.29, 1.82) is 0 Å². The van der Waals surface area contributed by atoms with Crippen molar-refractivity contribution in [2.45, 2.75) is 117 Å². The first-order valence-corrected chi connectivity index (χ1v) is 12.2. The van der Waals surface area contributed by atoms with Crippen molar-refractivity contribution in [2.75, 3.05) is 13.1 Å². The summed E-state index contributed by atoms with van der Waals surface area (Å²) in [5.74, 6) is 2.25. The Balaban J connectivity index is 0.000000176. The molecule has 1 amide bonds. The first-order chi connectivity index (χ1) is 13.2. The molecule has 1 aliphatic heterocycles. The van der Waals surface area contributed by atoms with Gasteiger partial charge in [0.05, 0.1) is 5.41 Å². The summed E-state index contributed by atoms with van der Waals surface area (Å²) in [6.07, 6.45) is 17.9. The van der Waals surface area contributed by atoms with Crippen molar-refractivity contribution >= 4 is 5.91 Å². The van der Waals surface area contributed by atoms with Gasteiger partial charge in [-0.1, -0.05) is 51.9 Å². The van der Waals surface area contributed by atoms with Crippen LogP contribution in [0.1, 0.15) is 111 Å². The van der Waals surface area contributed by atoms with Crippen LogP contribution in [0.5, 0.6) is 0 Å². The van der Waals surface area contributed by atoms with E-state index in [1.54, 1.807) is 6.42 Å². The number of carbonyl (C=O) groups is 1. The highest BCUT2D eigenvalue weighted by Crippen LogP contribution is 2.47. The molecule has 28 heavy (non-hydrogen) atoms. The molecular weight excluding hydrogens is 344 g/mol. The van der Waals surface area contributed by atoms with Gasteiger partial charge in [-0.3, -0.25) is 4.79 Å². The Labute approximate surface area is 174 Å². The molecule has 2 N–H and O–H groups in total. The fourth-order valence-electron chi connectivity index (χ4n) is 5.41. The SMILES string of the molecule is CC(C)(C)NC(=O)C1(CC2CC2)CCNCC1.CC1(CC2CC2)CCCCC1. The van der Waals surface area contributed by atoms with E-state index in [9.17, 15) is 4.79 Å². The molecule has 4 fully saturated rings. The van der Waals surface area contributed by atoms with Gasteiger partial charge in [-0.15, -0.1) is 0 Å². The molecule has 0 radical (unpaired) electrons. The Morgan fingerprint density at radius 1 is 0.893 bits per heavy atom. The third-order valence-electron chi connectivity index (χ3n) is 7.45. The molecular formula is C25H46N2O. The van der Waals surface area contributed by atoms with Crippen molar-refractivity contribution in [1.82, 2.24) is 10.6 Å². The fraction of sp³-hybridized carbons (Fsp3) is 0.960. The average molecular weight is 391 g/mol. The highest BCUT2D eigenvalue weighted by atomic mass is 16.2. The molecule has 3 aliphatic carbocycles. The van der Waals surface area contributed by atoms with Crippen molar-refractivity contribution in [2.24, 2.45) is 22.7 Å². The summed E-state index contributed by atoms with van der Waals surface area (Å²) in [5.41, 5.74) is 0.567. The van der Waals surface area contributed by atoms with Crippen LogP contribution in [0, 0.1) is 22.7 Å². The standard InChI is InChI=1S/C14H26N2O.C11H20/c1-13(2,3)16-12(17)14(10-11-4-5-11)6-8-15-9-7-14;1-11(9-10-5-6-10)7-3-2-4-8-11/h11,15H,4-10H2,1-3H3,(H,16,17);10H,2-9H2,1H3. The zero-order chi connectivity index (χ0) is 20.3. The van der Waals surface area contributed by atoms with Gasteiger partial charge in [0.1, 0.15) is 0 Å². The lowest BCUT2D eigenvalue weighted by Crippen LogP contribution is -2.52. The monoisotopic (exact) mass is 390 g/mol. The average Bonchev–Trinajstić information content (AvgIpc) is 3.53. The second-order valence-corrected chi connectivity index (χ2v) is 11.9. The molecule has 4 aliphatic rings. The Bertz CT molecular complexity index is 501. The van der Waals surface area contributed by atoms with Crippen LogP contribution in [-0.4, -0.2) is 24.5 Å². The zero-order valence-corrected chi connectivity index (χ0v) is 19.2. The predicted octanol–water partition coefficient (Wildman–Crippen LogP) is 5.83. The molecule has 1 saturated heterocycles. The van der Waals surface area contributed by atoms with Crippen molar-refractivity contribution in [3.63, 3.8) is 0 Å². The topological polar surface area (TPSA) is 41.1 Å². The van der Waals surface area contributed by atoms with E-state index in [1.165, 1.54) is 57.8 Å². The second-order valence-electron chi connectivity index (χ2n) is 11.9. The first kappa shape index (κ1) is 22.1. The minimum atomic E-state index is -0.113. The van der Waals surface area contributed by atoms with Crippen LogP contribution in [0.15, 0.2) is 0 Å². The molecule has 0 aromatic heterocycles. The van der Waals surface area contributed by atoms with Crippen LogP contribution in [0.3, 0.4) is 0 Å². The Kier molecular flexibility index (Phi) is 7.16. The van der Waals surface area contributed by atoms with Gasteiger partial charge in [-0.05, 0) is 89.6 Å². The molecule has 0 bridgehead atoms. The number of hydrogen-bond donors (Lipinski definition) is 2. The first-order valence-electron chi connectivity index (χ1n) is 12.2. The van der Waals surface area contributed by atoms with Crippen LogP contribution in [0.4, 0.5) is 0 Å². The summed E-state index contributed by atoms with van der Waals surface area (Å²) < 4.78 is 0. The summed E-state index contributed by atoms with van der Waals surface area (Å²) in [4.78, 5) is 12.6. The number of carbonyl (C=O) groups excluding carboxylic acids is 1. The molecule has 0 aromatic rings. The van der Waals surface area contributed by atoms with E-state index in [-0.39, 0.29) is 11.0 Å². The van der Waals surface area contributed by atoms with Gasteiger partial charge in [-0.2, -0.15) is 0 Å². The van der Waals surface area contributed by atoms with Gasteiger partial charge in [0.2, 0.25) is 5.91 Å². The van der Waals surface area contributed by atoms with Crippen molar-refractivity contribution in [3.05, 3.63) is 0 Å². The van der Waals surface area contributed by atoms with Crippen LogP contribution >= 0.6 is 0 Å². The summed E-state index contributed by atoms with van der Waals surface area (Å²) >= 11 is 0. The molecule has 1 heterocycles. The van der Waals surface area contributed by atoms with E-state index in [1.807, 2.05) is 0 Å². The molecule has 0 atom stereocenters. The Morgan fingerprint density at radius 2 is 1.43 bits per heavy atom. The van der Waals surface area contributed by atoms with E-state index in [4.69, 9.17) is 0 Å². The van der Waals surface area contributed by atoms with Gasteiger partial charge in [-0.25, -0.2) is 0 Å². The van der Waals surface area contributed by atoms with Crippen LogP contribution in [-0.2, 0) is 4.79 Å². The molecule has 3 nitrogen and oxygen atoms in total. The lowest BCUT2D eigenvalue weighted by molar-refractivity contribution is -0.135. The van der Waals surface area contributed by atoms with E-state index >= 15 is 0 Å². The van der Waals surface area contributed by atoms with Gasteiger partial charge >= 0.3 is 0 Å². The number of hydrogen-bond acceptors (Lipinski definition) is 2. The van der Waals surface area contributed by atoms with Gasteiger partial charge in [0, 0.05) is 5.54 Å². The van der Waals surface area contributed by atoms with E-state index in [0.717, 1.165) is 49.6 Å². The van der Waals surface area contributed by atoms with Gasteiger partial charge in [0.15, 0.2) is 0 Å². The summed E-state index contributed by atoms with van der Waals surface area (Å²) in [5, 5.41) is 6.57. The molecule has 0 spiro atoms. The maximum atomic E-state index is 12.6. The Morgan fingerprint density at radius 3 is 1.93 bits per heavy atom. The van der Waals surface area contributed by atoms with Crippen LogP contribution < -0.4 is 10.6 Å². The smallest absolute Gasteiger partial charge is 0.226 e. The highest BCUT2D eigenvalue weighted by Gasteiger charge is 2.44. The molecule has 4 rings (SSSR count).